The van der Waals surface area contributed by atoms with Gasteiger partial charge in [-0.25, -0.2) is 5.43 Å². The van der Waals surface area contributed by atoms with Gasteiger partial charge in [-0.2, -0.15) is 0 Å². The fourth-order valence-electron chi connectivity index (χ4n) is 1.15. The number of hydrogen-bond acceptors (Lipinski definition) is 5. The van der Waals surface area contributed by atoms with Crippen LogP contribution in [0.15, 0.2) is 0 Å². The number of rotatable bonds is 6. The van der Waals surface area contributed by atoms with Gasteiger partial charge in [0, 0.05) is 6.54 Å². The van der Waals surface area contributed by atoms with E-state index in [1.165, 1.54) is 0 Å². The van der Waals surface area contributed by atoms with Crippen molar-refractivity contribution < 1.29 is 19.4 Å². The maximum Gasteiger partial charge on any atom is 0.239 e. The lowest BCUT2D eigenvalue weighted by Crippen LogP contribution is -2.44. The lowest BCUT2D eigenvalue weighted by atomic mass is 10.2. The van der Waals surface area contributed by atoms with Gasteiger partial charge in [0.2, 0.25) is 11.8 Å². The Kier molecular flexibility index (Phi) is 5.02. The number of aliphatic hydroxyl groups is 1. The summed E-state index contributed by atoms with van der Waals surface area (Å²) in [5.41, 5.74) is 4.91. The third-order valence-corrected chi connectivity index (χ3v) is 1.87. The lowest BCUT2D eigenvalue weighted by molar-refractivity contribution is -0.124. The maximum absolute atomic E-state index is 11.4. The lowest BCUT2D eigenvalue weighted by Gasteiger charge is -2.09. The summed E-state index contributed by atoms with van der Waals surface area (Å²) >= 11 is 0. The standard InChI is InChI=1S/C8H15N3O4/c12-2-4-15-3-1-9-8(14)6-5-7(13)11-10-6/h6,10,12H,1-5H2,(H,9,14)(H,11,13). The van der Waals surface area contributed by atoms with Crippen molar-refractivity contribution in [1.82, 2.24) is 16.2 Å². The highest BCUT2D eigenvalue weighted by atomic mass is 16.5. The number of hydrazine groups is 1. The van der Waals surface area contributed by atoms with Gasteiger partial charge in [0.1, 0.15) is 6.04 Å². The summed E-state index contributed by atoms with van der Waals surface area (Å²) in [4.78, 5) is 22.1. The molecule has 4 N–H and O–H groups in total. The minimum Gasteiger partial charge on any atom is -0.394 e. The van der Waals surface area contributed by atoms with Crippen molar-refractivity contribution >= 4 is 11.8 Å². The Morgan fingerprint density at radius 3 is 3.00 bits per heavy atom. The van der Waals surface area contributed by atoms with Crippen LogP contribution in [0.2, 0.25) is 0 Å². The molecule has 86 valence electrons. The van der Waals surface area contributed by atoms with Crippen molar-refractivity contribution in [2.24, 2.45) is 0 Å². The molecule has 0 bridgehead atoms. The molecule has 1 aliphatic heterocycles. The van der Waals surface area contributed by atoms with Gasteiger partial charge in [0.05, 0.1) is 26.2 Å². The first-order valence-corrected chi connectivity index (χ1v) is 4.74. The van der Waals surface area contributed by atoms with E-state index in [1.54, 1.807) is 0 Å². The van der Waals surface area contributed by atoms with Crippen LogP contribution in [0.4, 0.5) is 0 Å². The molecule has 7 heteroatoms. The van der Waals surface area contributed by atoms with Gasteiger partial charge in [-0.1, -0.05) is 0 Å². The Balaban J connectivity index is 2.06. The molecule has 0 saturated carbocycles. The van der Waals surface area contributed by atoms with Gasteiger partial charge < -0.3 is 15.2 Å². The van der Waals surface area contributed by atoms with E-state index in [-0.39, 0.29) is 31.4 Å². The molecule has 15 heavy (non-hydrogen) atoms. The maximum atomic E-state index is 11.4. The van der Waals surface area contributed by atoms with E-state index in [9.17, 15) is 9.59 Å². The van der Waals surface area contributed by atoms with E-state index in [2.05, 4.69) is 16.2 Å². The highest BCUT2D eigenvalue weighted by Gasteiger charge is 2.26. The van der Waals surface area contributed by atoms with Crippen LogP contribution in [0.25, 0.3) is 0 Å². The number of hydrogen-bond donors (Lipinski definition) is 4. The highest BCUT2D eigenvalue weighted by Crippen LogP contribution is 1.96. The first-order valence-electron chi connectivity index (χ1n) is 4.74. The van der Waals surface area contributed by atoms with Gasteiger partial charge >= 0.3 is 0 Å². The second-order valence-corrected chi connectivity index (χ2v) is 3.08. The summed E-state index contributed by atoms with van der Waals surface area (Å²) in [6.45, 7) is 0.944. The summed E-state index contributed by atoms with van der Waals surface area (Å²) in [5, 5.41) is 11.0. The van der Waals surface area contributed by atoms with Crippen LogP contribution < -0.4 is 16.2 Å². The predicted molar refractivity (Wildman–Crippen MR) is 50.6 cm³/mol. The molecule has 0 aromatic heterocycles. The number of ether oxygens (including phenoxy) is 1. The quantitative estimate of drug-likeness (QED) is 0.369. The first kappa shape index (κ1) is 11.9. The van der Waals surface area contributed by atoms with Crippen LogP contribution >= 0.6 is 0 Å². The van der Waals surface area contributed by atoms with Crippen molar-refractivity contribution in [3.05, 3.63) is 0 Å². The molecule has 0 aromatic rings. The third-order valence-electron chi connectivity index (χ3n) is 1.87. The molecule has 2 amide bonds. The summed E-state index contributed by atoms with van der Waals surface area (Å²) < 4.78 is 4.95. The molecule has 1 unspecified atom stereocenters. The normalized spacial score (nSPS) is 20.1. The summed E-state index contributed by atoms with van der Waals surface area (Å²) in [7, 11) is 0. The van der Waals surface area contributed by atoms with Gasteiger partial charge in [-0.05, 0) is 0 Å². The number of nitrogens with one attached hydrogen (secondary N) is 3. The Morgan fingerprint density at radius 2 is 2.40 bits per heavy atom. The van der Waals surface area contributed by atoms with Gasteiger partial charge in [0.25, 0.3) is 0 Å². The molecule has 1 fully saturated rings. The minimum absolute atomic E-state index is 0.0312. The molecule has 1 atom stereocenters. The zero-order chi connectivity index (χ0) is 11.1. The molecule has 0 spiro atoms. The van der Waals surface area contributed by atoms with Crippen molar-refractivity contribution in [3.63, 3.8) is 0 Å². The van der Waals surface area contributed by atoms with Crippen LogP contribution in [0.1, 0.15) is 6.42 Å². The van der Waals surface area contributed by atoms with Crippen molar-refractivity contribution in [2.45, 2.75) is 12.5 Å². The summed E-state index contributed by atoms with van der Waals surface area (Å²) in [5.74, 6) is -0.423. The largest absolute Gasteiger partial charge is 0.394 e. The topological polar surface area (TPSA) is 99.7 Å². The van der Waals surface area contributed by atoms with Crippen molar-refractivity contribution in [2.75, 3.05) is 26.4 Å². The van der Waals surface area contributed by atoms with Crippen LogP contribution in [-0.4, -0.2) is 49.3 Å². The fourth-order valence-corrected chi connectivity index (χ4v) is 1.15. The van der Waals surface area contributed by atoms with Crippen LogP contribution in [-0.2, 0) is 14.3 Å². The molecule has 7 nitrogen and oxygen atoms in total. The van der Waals surface area contributed by atoms with Gasteiger partial charge in [0.15, 0.2) is 0 Å². The van der Waals surface area contributed by atoms with Gasteiger partial charge in [-0.15, -0.1) is 0 Å². The van der Waals surface area contributed by atoms with Crippen LogP contribution in [0, 0.1) is 0 Å². The summed E-state index contributed by atoms with van der Waals surface area (Å²) in [6.07, 6.45) is 0.156. The van der Waals surface area contributed by atoms with E-state index in [4.69, 9.17) is 9.84 Å². The highest BCUT2D eigenvalue weighted by molar-refractivity contribution is 5.90. The smallest absolute Gasteiger partial charge is 0.239 e. The minimum atomic E-state index is -0.504. The van der Waals surface area contributed by atoms with Crippen molar-refractivity contribution in [3.8, 4) is 0 Å². The van der Waals surface area contributed by atoms with Crippen LogP contribution in [0.5, 0.6) is 0 Å². The number of aliphatic hydroxyl groups excluding tert-OH is 1. The third kappa shape index (κ3) is 4.24. The van der Waals surface area contributed by atoms with Crippen molar-refractivity contribution in [1.29, 1.82) is 0 Å². The Bertz CT molecular complexity index is 234. The average Bonchev–Trinajstić information content (AvgIpc) is 2.64. The van der Waals surface area contributed by atoms with E-state index in [0.29, 0.717) is 13.2 Å². The summed E-state index contributed by atoms with van der Waals surface area (Å²) in [6, 6.07) is -0.504. The predicted octanol–water partition coefficient (Wildman–Crippen LogP) is -2.50. The van der Waals surface area contributed by atoms with E-state index in [1.807, 2.05) is 0 Å². The number of amides is 2. The zero-order valence-corrected chi connectivity index (χ0v) is 8.28. The Hall–Kier alpha value is -1.18. The second-order valence-electron chi connectivity index (χ2n) is 3.08. The molecule has 1 heterocycles. The van der Waals surface area contributed by atoms with E-state index in [0.717, 1.165) is 0 Å². The SMILES string of the molecule is O=C1CC(C(=O)NCCOCCO)NN1. The monoisotopic (exact) mass is 217 g/mol. The Morgan fingerprint density at radius 1 is 1.60 bits per heavy atom. The van der Waals surface area contributed by atoms with E-state index < -0.39 is 6.04 Å². The molecule has 0 aliphatic carbocycles. The average molecular weight is 217 g/mol. The molecule has 0 radical (unpaired) electrons. The van der Waals surface area contributed by atoms with Gasteiger partial charge in [-0.3, -0.25) is 15.0 Å². The zero-order valence-electron chi connectivity index (χ0n) is 8.28. The number of carbonyl (C=O) groups is 2. The molecule has 1 saturated heterocycles. The molecule has 1 aliphatic rings. The number of carbonyl (C=O) groups excluding carboxylic acids is 2. The first-order chi connectivity index (χ1) is 7.24. The fraction of sp³-hybridized carbons (Fsp3) is 0.750. The molecular formula is C8H15N3O4. The van der Waals surface area contributed by atoms with Crippen LogP contribution in [0.3, 0.4) is 0 Å². The second kappa shape index (κ2) is 6.33. The molecule has 1 rings (SSSR count). The molecule has 0 aromatic carbocycles. The molecular weight excluding hydrogens is 202 g/mol. The van der Waals surface area contributed by atoms with E-state index >= 15 is 0 Å². The Labute approximate surface area is 87.1 Å².